The van der Waals surface area contributed by atoms with Crippen molar-refractivity contribution in [2.45, 2.75) is 13.1 Å². The molecule has 20 heavy (non-hydrogen) atoms. The van der Waals surface area contributed by atoms with Crippen LogP contribution in [-0.2, 0) is 13.1 Å². The van der Waals surface area contributed by atoms with Gasteiger partial charge in [-0.2, -0.15) is 0 Å². The SMILES string of the molecule is CN(Cc1ccccc1)C(=O)c1ccc(CN=[N+]=[N-])o1. The second kappa shape index (κ2) is 6.45. The van der Waals surface area contributed by atoms with E-state index in [-0.39, 0.29) is 18.2 Å². The zero-order valence-electron chi connectivity index (χ0n) is 11.1. The maximum atomic E-state index is 12.2. The molecular weight excluding hydrogens is 256 g/mol. The zero-order valence-corrected chi connectivity index (χ0v) is 11.1. The summed E-state index contributed by atoms with van der Waals surface area (Å²) in [4.78, 5) is 16.4. The summed E-state index contributed by atoms with van der Waals surface area (Å²) in [6.07, 6.45) is 0. The van der Waals surface area contributed by atoms with Crippen molar-refractivity contribution < 1.29 is 9.21 Å². The van der Waals surface area contributed by atoms with Crippen molar-refractivity contribution in [3.8, 4) is 0 Å². The summed E-state index contributed by atoms with van der Waals surface area (Å²) in [7, 11) is 1.71. The molecule has 0 bridgehead atoms. The molecule has 102 valence electrons. The van der Waals surface area contributed by atoms with Crippen LogP contribution < -0.4 is 0 Å². The van der Waals surface area contributed by atoms with E-state index in [1.54, 1.807) is 24.1 Å². The topological polar surface area (TPSA) is 82.2 Å². The van der Waals surface area contributed by atoms with Crippen molar-refractivity contribution in [2.75, 3.05) is 7.05 Å². The smallest absolute Gasteiger partial charge is 0.289 e. The number of hydrogen-bond donors (Lipinski definition) is 0. The highest BCUT2D eigenvalue weighted by Gasteiger charge is 2.15. The van der Waals surface area contributed by atoms with Crippen molar-refractivity contribution in [1.29, 1.82) is 0 Å². The lowest BCUT2D eigenvalue weighted by molar-refractivity contribution is 0.0751. The van der Waals surface area contributed by atoms with Gasteiger partial charge in [0.25, 0.3) is 5.91 Å². The van der Waals surface area contributed by atoms with Crippen LogP contribution >= 0.6 is 0 Å². The molecule has 1 heterocycles. The predicted molar refractivity (Wildman–Crippen MR) is 73.8 cm³/mol. The van der Waals surface area contributed by atoms with Crippen molar-refractivity contribution in [1.82, 2.24) is 4.90 Å². The summed E-state index contributed by atoms with van der Waals surface area (Å²) >= 11 is 0. The molecule has 1 aromatic heterocycles. The van der Waals surface area contributed by atoms with Gasteiger partial charge in [-0.3, -0.25) is 4.79 Å². The second-order valence-electron chi connectivity index (χ2n) is 4.30. The van der Waals surface area contributed by atoms with Gasteiger partial charge in [-0.1, -0.05) is 35.4 Å². The molecule has 1 aromatic carbocycles. The van der Waals surface area contributed by atoms with E-state index in [1.807, 2.05) is 30.3 Å². The van der Waals surface area contributed by atoms with E-state index in [4.69, 9.17) is 9.95 Å². The molecule has 1 amide bonds. The van der Waals surface area contributed by atoms with Crippen LogP contribution in [0.2, 0.25) is 0 Å². The Hall–Kier alpha value is -2.72. The molecule has 2 rings (SSSR count). The average molecular weight is 270 g/mol. The number of rotatable bonds is 5. The molecule has 0 saturated carbocycles. The number of azide groups is 1. The standard InChI is InChI=1S/C14H14N4O2/c1-18(10-11-5-3-2-4-6-11)14(19)13-8-7-12(20-13)9-16-17-15/h2-8H,9-10H2,1H3. The van der Waals surface area contributed by atoms with E-state index in [0.717, 1.165) is 5.56 Å². The highest BCUT2D eigenvalue weighted by Crippen LogP contribution is 2.13. The minimum atomic E-state index is -0.207. The van der Waals surface area contributed by atoms with Gasteiger partial charge in [0.1, 0.15) is 5.76 Å². The number of furan rings is 1. The van der Waals surface area contributed by atoms with Crippen LogP contribution in [0, 0.1) is 0 Å². The summed E-state index contributed by atoms with van der Waals surface area (Å²) in [5.74, 6) is 0.506. The first-order chi connectivity index (χ1) is 9.70. The van der Waals surface area contributed by atoms with Gasteiger partial charge in [-0.25, -0.2) is 0 Å². The van der Waals surface area contributed by atoms with Crippen molar-refractivity contribution >= 4 is 5.91 Å². The number of nitrogens with zero attached hydrogens (tertiary/aromatic N) is 4. The number of benzene rings is 1. The van der Waals surface area contributed by atoms with Gasteiger partial charge in [0, 0.05) is 18.5 Å². The Labute approximate surface area is 116 Å². The van der Waals surface area contributed by atoms with Crippen LogP contribution in [0.4, 0.5) is 0 Å². The molecule has 0 aliphatic heterocycles. The monoisotopic (exact) mass is 270 g/mol. The summed E-state index contributed by atoms with van der Waals surface area (Å²) in [6.45, 7) is 0.609. The Morgan fingerprint density at radius 3 is 2.75 bits per heavy atom. The van der Waals surface area contributed by atoms with Crippen LogP contribution in [0.3, 0.4) is 0 Å². The number of carbonyl (C=O) groups excluding carboxylic acids is 1. The van der Waals surface area contributed by atoms with Gasteiger partial charge in [0.15, 0.2) is 5.76 Å². The van der Waals surface area contributed by atoms with Crippen molar-refractivity contribution in [3.05, 3.63) is 70.0 Å². The highest BCUT2D eigenvalue weighted by atomic mass is 16.4. The molecule has 0 unspecified atom stereocenters. The summed E-state index contributed by atoms with van der Waals surface area (Å²) in [6, 6.07) is 12.9. The number of amides is 1. The van der Waals surface area contributed by atoms with E-state index in [2.05, 4.69) is 10.0 Å². The fourth-order valence-electron chi connectivity index (χ4n) is 1.80. The molecule has 0 fully saturated rings. The first-order valence-corrected chi connectivity index (χ1v) is 6.09. The Bertz CT molecular complexity index is 630. The molecular formula is C14H14N4O2. The minimum absolute atomic E-state index is 0.103. The fraction of sp³-hybridized carbons (Fsp3) is 0.214. The van der Waals surface area contributed by atoms with Gasteiger partial charge < -0.3 is 9.32 Å². The largest absolute Gasteiger partial charge is 0.456 e. The summed E-state index contributed by atoms with van der Waals surface area (Å²) in [5, 5.41) is 3.39. The van der Waals surface area contributed by atoms with Crippen molar-refractivity contribution in [3.63, 3.8) is 0 Å². The van der Waals surface area contributed by atoms with Crippen LogP contribution in [0.1, 0.15) is 21.9 Å². The summed E-state index contributed by atoms with van der Waals surface area (Å²) < 4.78 is 5.35. The molecule has 0 aliphatic rings. The molecule has 0 spiro atoms. The molecule has 0 radical (unpaired) electrons. The zero-order chi connectivity index (χ0) is 14.4. The lowest BCUT2D eigenvalue weighted by Gasteiger charge is -2.15. The first kappa shape index (κ1) is 13.7. The van der Waals surface area contributed by atoms with E-state index in [1.165, 1.54) is 0 Å². The van der Waals surface area contributed by atoms with E-state index in [9.17, 15) is 4.79 Å². The maximum absolute atomic E-state index is 12.2. The third-order valence-electron chi connectivity index (χ3n) is 2.77. The van der Waals surface area contributed by atoms with Gasteiger partial charge in [0.05, 0.1) is 6.54 Å². The molecule has 0 N–H and O–H groups in total. The molecule has 0 atom stereocenters. The third kappa shape index (κ3) is 3.40. The molecule has 6 nitrogen and oxygen atoms in total. The minimum Gasteiger partial charge on any atom is -0.456 e. The quantitative estimate of drug-likeness (QED) is 0.474. The molecule has 2 aromatic rings. The van der Waals surface area contributed by atoms with Crippen LogP contribution in [0.25, 0.3) is 10.4 Å². The van der Waals surface area contributed by atoms with Gasteiger partial charge >= 0.3 is 0 Å². The Balaban J connectivity index is 2.03. The molecule has 6 heteroatoms. The number of carbonyl (C=O) groups is 1. The third-order valence-corrected chi connectivity index (χ3v) is 2.77. The summed E-state index contributed by atoms with van der Waals surface area (Å²) in [5.41, 5.74) is 9.28. The molecule has 0 saturated heterocycles. The Kier molecular flexibility index (Phi) is 4.42. The normalized spacial score (nSPS) is 9.85. The van der Waals surface area contributed by atoms with Crippen molar-refractivity contribution in [2.24, 2.45) is 5.11 Å². The van der Waals surface area contributed by atoms with E-state index < -0.39 is 0 Å². The number of hydrogen-bond acceptors (Lipinski definition) is 3. The van der Waals surface area contributed by atoms with Gasteiger partial charge in [-0.05, 0) is 23.2 Å². The first-order valence-electron chi connectivity index (χ1n) is 6.09. The average Bonchev–Trinajstić information content (AvgIpc) is 2.94. The van der Waals surface area contributed by atoms with Gasteiger partial charge in [-0.15, -0.1) is 0 Å². The van der Waals surface area contributed by atoms with Crippen LogP contribution in [0.5, 0.6) is 0 Å². The lowest BCUT2D eigenvalue weighted by atomic mass is 10.2. The maximum Gasteiger partial charge on any atom is 0.289 e. The second-order valence-corrected chi connectivity index (χ2v) is 4.30. The molecule has 0 aliphatic carbocycles. The van der Waals surface area contributed by atoms with E-state index >= 15 is 0 Å². The van der Waals surface area contributed by atoms with Crippen LogP contribution in [0.15, 0.2) is 52.0 Å². The predicted octanol–water partition coefficient (Wildman–Crippen LogP) is 3.36. The van der Waals surface area contributed by atoms with E-state index in [0.29, 0.717) is 12.3 Å². The fourth-order valence-corrected chi connectivity index (χ4v) is 1.80. The van der Waals surface area contributed by atoms with Gasteiger partial charge in [0.2, 0.25) is 0 Å². The Morgan fingerprint density at radius 1 is 1.30 bits per heavy atom. The van der Waals surface area contributed by atoms with Crippen LogP contribution in [-0.4, -0.2) is 17.9 Å². The lowest BCUT2D eigenvalue weighted by Crippen LogP contribution is -2.25. The Morgan fingerprint density at radius 2 is 2.05 bits per heavy atom. The highest BCUT2D eigenvalue weighted by molar-refractivity contribution is 5.91.